The van der Waals surface area contributed by atoms with Gasteiger partial charge in [-0.25, -0.2) is 0 Å². The van der Waals surface area contributed by atoms with Crippen LogP contribution < -0.4 is 0 Å². The largest absolute Gasteiger partial charge is 0.394 e. The van der Waals surface area contributed by atoms with E-state index in [-0.39, 0.29) is 35.7 Å². The minimum absolute atomic E-state index is 0.0204. The van der Waals surface area contributed by atoms with Crippen LogP contribution in [-0.2, 0) is 19.1 Å². The Kier molecular flexibility index (Phi) is 8.14. The summed E-state index contributed by atoms with van der Waals surface area (Å²) in [4.78, 5) is 48.4. The molecule has 1 N–H and O–H groups in total. The molecule has 4 heterocycles. The Morgan fingerprint density at radius 1 is 1.05 bits per heavy atom. The second-order valence-corrected chi connectivity index (χ2v) is 14.2. The quantitative estimate of drug-likeness (QED) is 0.474. The molecule has 6 atom stereocenters. The van der Waals surface area contributed by atoms with Crippen LogP contribution in [0.3, 0.4) is 0 Å². The minimum atomic E-state index is -1.27. The number of nitrogens with zero attached hydrogens (tertiary/aromatic N) is 3. The average Bonchev–Trinajstić information content (AvgIpc) is 3.13. The third-order valence-corrected chi connectivity index (χ3v) is 8.71. The van der Waals surface area contributed by atoms with Gasteiger partial charge in [-0.3, -0.25) is 14.4 Å². The van der Waals surface area contributed by atoms with E-state index in [9.17, 15) is 19.5 Å². The van der Waals surface area contributed by atoms with Crippen LogP contribution in [0.15, 0.2) is 24.3 Å². The maximum atomic E-state index is 14.7. The van der Waals surface area contributed by atoms with Crippen molar-refractivity contribution < 1.29 is 24.2 Å². The molecule has 8 heteroatoms. The number of aliphatic hydroxyl groups is 1. The predicted molar refractivity (Wildman–Crippen MR) is 151 cm³/mol. The van der Waals surface area contributed by atoms with Gasteiger partial charge in [0.2, 0.25) is 17.7 Å². The van der Waals surface area contributed by atoms with Crippen LogP contribution in [0.25, 0.3) is 0 Å². The molecule has 0 aromatic heterocycles. The van der Waals surface area contributed by atoms with E-state index in [1.807, 2.05) is 50.0 Å². The van der Waals surface area contributed by atoms with Gasteiger partial charge in [-0.2, -0.15) is 0 Å². The van der Waals surface area contributed by atoms with E-state index in [1.165, 1.54) is 0 Å². The molecular formula is C31H49N3O5. The maximum absolute atomic E-state index is 14.7. The van der Waals surface area contributed by atoms with E-state index in [2.05, 4.69) is 34.6 Å². The van der Waals surface area contributed by atoms with Crippen LogP contribution in [0.2, 0.25) is 0 Å². The highest BCUT2D eigenvalue weighted by Gasteiger charge is 2.72. The van der Waals surface area contributed by atoms with Gasteiger partial charge in [-0.05, 0) is 44.4 Å². The summed E-state index contributed by atoms with van der Waals surface area (Å²) < 4.78 is 6.76. The number of fused-ring (bicyclic) bond motifs is 2. The molecule has 2 saturated heterocycles. The Labute approximate surface area is 234 Å². The summed E-state index contributed by atoms with van der Waals surface area (Å²) in [6.07, 6.45) is 9.25. The molecule has 4 aliphatic heterocycles. The number of carbonyl (C=O) groups is 3. The Balaban J connectivity index is 1.85. The standard InChI is InChI=1S/C31H49N3O5/c1-9-14-32-15-10-12-22-23(26(32)36)24-27(37)34(21(18-35)17-20(2)3)25-28(38)33(16-11-13-31(24,25)39-22)30(7,8)19-29(4,5)6/h10-13,20-25,35H,9,14-19H2,1-8H3/t21-,22+,23-,24+,25?,31+/m1/s1. The zero-order valence-electron chi connectivity index (χ0n) is 25.1. The van der Waals surface area contributed by atoms with Crippen molar-refractivity contribution in [2.75, 3.05) is 26.2 Å². The van der Waals surface area contributed by atoms with E-state index in [0.29, 0.717) is 26.1 Å². The molecule has 0 bridgehead atoms. The number of likely N-dealkylation sites (tertiary alicyclic amines) is 1. The molecule has 4 aliphatic rings. The number of hydrogen-bond acceptors (Lipinski definition) is 5. The molecule has 2 fully saturated rings. The van der Waals surface area contributed by atoms with Crippen molar-refractivity contribution in [3.63, 3.8) is 0 Å². The number of rotatable bonds is 8. The lowest BCUT2D eigenvalue weighted by atomic mass is 9.77. The summed E-state index contributed by atoms with van der Waals surface area (Å²) in [6.45, 7) is 18.0. The lowest BCUT2D eigenvalue weighted by molar-refractivity contribution is -0.155. The first-order valence-corrected chi connectivity index (χ1v) is 14.7. The number of aliphatic hydroxyl groups excluding tert-OH is 1. The summed E-state index contributed by atoms with van der Waals surface area (Å²) in [5.41, 5.74) is -1.77. The van der Waals surface area contributed by atoms with Crippen LogP contribution in [0.4, 0.5) is 0 Å². The highest BCUT2D eigenvalue weighted by molar-refractivity contribution is 6.00. The molecule has 3 amide bonds. The first-order valence-electron chi connectivity index (χ1n) is 14.7. The number of hydrogen-bond donors (Lipinski definition) is 1. The SMILES string of the molecule is CCCN1CC=C[C@@H]2O[C@]34C=CCN(C(C)(C)CC(C)(C)C)C(=O)C3N([C@@H](CO)CC(C)C)C(=O)[C@@H]4[C@@H]2C1=O. The lowest BCUT2D eigenvalue weighted by Crippen LogP contribution is -2.61. The molecule has 0 saturated carbocycles. The first-order chi connectivity index (χ1) is 18.2. The van der Waals surface area contributed by atoms with Crippen molar-refractivity contribution in [2.45, 2.75) is 104 Å². The van der Waals surface area contributed by atoms with Crippen molar-refractivity contribution in [1.82, 2.24) is 14.7 Å². The number of ether oxygens (including phenoxy) is 1. The molecule has 39 heavy (non-hydrogen) atoms. The van der Waals surface area contributed by atoms with Gasteiger partial charge >= 0.3 is 0 Å². The van der Waals surface area contributed by atoms with Crippen molar-refractivity contribution >= 4 is 17.7 Å². The van der Waals surface area contributed by atoms with E-state index < -0.39 is 41.2 Å². The van der Waals surface area contributed by atoms with Gasteiger partial charge in [0.05, 0.1) is 30.6 Å². The fourth-order valence-electron chi connectivity index (χ4n) is 7.75. The van der Waals surface area contributed by atoms with Crippen LogP contribution in [0.5, 0.6) is 0 Å². The van der Waals surface area contributed by atoms with Gasteiger partial charge in [-0.15, -0.1) is 0 Å². The van der Waals surface area contributed by atoms with Crippen molar-refractivity contribution in [2.24, 2.45) is 23.2 Å². The first kappa shape index (κ1) is 29.8. The van der Waals surface area contributed by atoms with E-state index in [0.717, 1.165) is 12.8 Å². The van der Waals surface area contributed by atoms with Gasteiger partial charge in [0, 0.05) is 25.2 Å². The maximum Gasteiger partial charge on any atom is 0.249 e. The molecule has 4 rings (SSSR count). The third-order valence-electron chi connectivity index (χ3n) is 8.71. The zero-order valence-corrected chi connectivity index (χ0v) is 25.1. The van der Waals surface area contributed by atoms with E-state index in [4.69, 9.17) is 4.74 Å². The summed E-state index contributed by atoms with van der Waals surface area (Å²) >= 11 is 0. The molecule has 0 aromatic carbocycles. The number of carbonyl (C=O) groups excluding carboxylic acids is 3. The second-order valence-electron chi connectivity index (χ2n) is 14.2. The lowest BCUT2D eigenvalue weighted by Gasteiger charge is -2.45. The molecule has 1 spiro atoms. The molecule has 0 aromatic rings. The van der Waals surface area contributed by atoms with Crippen LogP contribution >= 0.6 is 0 Å². The van der Waals surface area contributed by atoms with Crippen LogP contribution in [-0.4, -0.2) is 93.1 Å². The van der Waals surface area contributed by atoms with Crippen molar-refractivity contribution in [1.29, 1.82) is 0 Å². The Hall–Kier alpha value is -2.19. The fraction of sp³-hybridized carbons (Fsp3) is 0.774. The Morgan fingerprint density at radius 2 is 1.74 bits per heavy atom. The van der Waals surface area contributed by atoms with E-state index in [1.54, 1.807) is 9.80 Å². The smallest absolute Gasteiger partial charge is 0.249 e. The molecule has 218 valence electrons. The minimum Gasteiger partial charge on any atom is -0.394 e. The van der Waals surface area contributed by atoms with Gasteiger partial charge in [0.25, 0.3) is 0 Å². The summed E-state index contributed by atoms with van der Waals surface area (Å²) in [7, 11) is 0. The number of amides is 3. The summed E-state index contributed by atoms with van der Waals surface area (Å²) in [6, 6.07) is -1.49. The Morgan fingerprint density at radius 3 is 2.33 bits per heavy atom. The summed E-state index contributed by atoms with van der Waals surface area (Å²) in [5.74, 6) is -1.87. The molecule has 8 nitrogen and oxygen atoms in total. The van der Waals surface area contributed by atoms with Crippen molar-refractivity contribution in [3.8, 4) is 0 Å². The highest BCUT2D eigenvalue weighted by atomic mass is 16.5. The fourth-order valence-corrected chi connectivity index (χ4v) is 7.75. The predicted octanol–water partition coefficient (Wildman–Crippen LogP) is 3.40. The van der Waals surface area contributed by atoms with E-state index >= 15 is 0 Å². The topological polar surface area (TPSA) is 90.4 Å². The highest BCUT2D eigenvalue weighted by Crippen LogP contribution is 2.54. The zero-order chi connectivity index (χ0) is 28.9. The van der Waals surface area contributed by atoms with Crippen LogP contribution in [0.1, 0.15) is 74.7 Å². The monoisotopic (exact) mass is 543 g/mol. The van der Waals surface area contributed by atoms with Gasteiger partial charge < -0.3 is 24.5 Å². The van der Waals surface area contributed by atoms with Gasteiger partial charge in [0.15, 0.2) is 0 Å². The third kappa shape index (κ3) is 5.19. The van der Waals surface area contributed by atoms with Gasteiger partial charge in [0.1, 0.15) is 11.6 Å². The second kappa shape index (κ2) is 10.7. The Bertz CT molecular complexity index is 1030. The molecule has 1 unspecified atom stereocenters. The summed E-state index contributed by atoms with van der Waals surface area (Å²) in [5, 5.41) is 10.5. The van der Waals surface area contributed by atoms with Gasteiger partial charge in [-0.1, -0.05) is 65.8 Å². The van der Waals surface area contributed by atoms with Crippen LogP contribution in [0, 0.1) is 23.2 Å². The average molecular weight is 544 g/mol. The molecule has 0 aliphatic carbocycles. The molecule has 0 radical (unpaired) electrons. The van der Waals surface area contributed by atoms with Crippen molar-refractivity contribution in [3.05, 3.63) is 24.3 Å². The molecular weight excluding hydrogens is 494 g/mol. The normalized spacial score (nSPS) is 31.9.